The first-order valence-corrected chi connectivity index (χ1v) is 7.78. The van der Waals surface area contributed by atoms with Crippen LogP contribution in [0.4, 0.5) is 4.39 Å². The normalized spacial score (nSPS) is 11.6. The monoisotopic (exact) mass is 293 g/mol. The number of hydrogen-bond acceptors (Lipinski definition) is 2. The van der Waals surface area contributed by atoms with Gasteiger partial charge in [-0.1, -0.05) is 25.1 Å². The van der Waals surface area contributed by atoms with Crippen LogP contribution >= 0.6 is 0 Å². The lowest BCUT2D eigenvalue weighted by atomic mass is 10.0. The van der Waals surface area contributed by atoms with Crippen LogP contribution in [0, 0.1) is 12.7 Å². The third kappa shape index (κ3) is 3.05. The molecule has 106 valence electrons. The van der Waals surface area contributed by atoms with Crippen molar-refractivity contribution < 1.29 is 12.8 Å². The molecule has 0 heterocycles. The molecule has 0 aliphatic heterocycles. The highest BCUT2D eigenvalue weighted by Crippen LogP contribution is 2.25. The fraction of sp³-hybridized carbons (Fsp3) is 0.200. The Morgan fingerprint density at radius 2 is 1.75 bits per heavy atom. The van der Waals surface area contributed by atoms with Crippen molar-refractivity contribution in [3.8, 4) is 11.1 Å². The molecule has 0 atom stereocenters. The first-order valence-electron chi connectivity index (χ1n) is 6.30. The molecule has 0 saturated carbocycles. The molecule has 0 spiro atoms. The maximum Gasteiger partial charge on any atom is 0.240 e. The molecule has 2 rings (SSSR count). The van der Waals surface area contributed by atoms with E-state index in [0.29, 0.717) is 6.54 Å². The van der Waals surface area contributed by atoms with Crippen LogP contribution < -0.4 is 4.72 Å². The summed E-state index contributed by atoms with van der Waals surface area (Å²) in [5, 5.41) is 0. The summed E-state index contributed by atoms with van der Waals surface area (Å²) < 4.78 is 39.2. The lowest BCUT2D eigenvalue weighted by Gasteiger charge is -2.10. The third-order valence-corrected chi connectivity index (χ3v) is 4.54. The molecular weight excluding hydrogens is 277 g/mol. The summed E-state index contributed by atoms with van der Waals surface area (Å²) in [7, 11) is -3.45. The highest BCUT2D eigenvalue weighted by Gasteiger charge is 2.14. The summed E-state index contributed by atoms with van der Waals surface area (Å²) in [6.07, 6.45) is 0. The number of benzene rings is 2. The van der Waals surface area contributed by atoms with E-state index in [-0.39, 0.29) is 10.7 Å². The van der Waals surface area contributed by atoms with Crippen molar-refractivity contribution in [2.45, 2.75) is 18.7 Å². The van der Waals surface area contributed by atoms with E-state index in [4.69, 9.17) is 0 Å². The minimum atomic E-state index is -3.45. The number of rotatable bonds is 4. The van der Waals surface area contributed by atoms with E-state index in [1.165, 1.54) is 12.1 Å². The maximum absolute atomic E-state index is 12.9. The van der Waals surface area contributed by atoms with Crippen molar-refractivity contribution in [3.05, 3.63) is 53.8 Å². The Bertz CT molecular complexity index is 709. The molecule has 0 radical (unpaired) electrons. The lowest BCUT2D eigenvalue weighted by molar-refractivity contribution is 0.584. The molecule has 0 aliphatic rings. The number of hydrogen-bond donors (Lipinski definition) is 1. The van der Waals surface area contributed by atoms with Crippen LogP contribution in [-0.2, 0) is 10.0 Å². The van der Waals surface area contributed by atoms with Crippen LogP contribution in [0.3, 0.4) is 0 Å². The van der Waals surface area contributed by atoms with Gasteiger partial charge in [-0.3, -0.25) is 0 Å². The van der Waals surface area contributed by atoms with E-state index < -0.39 is 10.0 Å². The zero-order valence-corrected chi connectivity index (χ0v) is 12.2. The SMILES string of the molecule is CCNS(=O)(=O)c1ccc(-c2ccc(F)cc2)c(C)c1. The van der Waals surface area contributed by atoms with E-state index >= 15 is 0 Å². The van der Waals surface area contributed by atoms with Gasteiger partial charge in [-0.2, -0.15) is 0 Å². The van der Waals surface area contributed by atoms with Crippen LogP contribution in [0.15, 0.2) is 47.4 Å². The molecule has 5 heteroatoms. The van der Waals surface area contributed by atoms with Gasteiger partial charge >= 0.3 is 0 Å². The van der Waals surface area contributed by atoms with Gasteiger partial charge in [0.2, 0.25) is 10.0 Å². The van der Waals surface area contributed by atoms with Gasteiger partial charge in [-0.15, -0.1) is 0 Å². The second kappa shape index (κ2) is 5.73. The fourth-order valence-electron chi connectivity index (χ4n) is 2.03. The Morgan fingerprint density at radius 3 is 2.30 bits per heavy atom. The van der Waals surface area contributed by atoms with E-state index in [0.717, 1.165) is 16.7 Å². The quantitative estimate of drug-likeness (QED) is 0.941. The highest BCUT2D eigenvalue weighted by atomic mass is 32.2. The molecule has 2 aromatic carbocycles. The van der Waals surface area contributed by atoms with E-state index in [1.807, 2.05) is 6.92 Å². The van der Waals surface area contributed by atoms with Gasteiger partial charge in [-0.05, 0) is 47.9 Å². The molecule has 0 aromatic heterocycles. The summed E-state index contributed by atoms with van der Waals surface area (Å²) in [6.45, 7) is 3.92. The molecule has 0 amide bonds. The second-order valence-corrected chi connectivity index (χ2v) is 6.25. The summed E-state index contributed by atoms with van der Waals surface area (Å²) >= 11 is 0. The molecule has 20 heavy (non-hydrogen) atoms. The van der Waals surface area contributed by atoms with Crippen LogP contribution in [0.25, 0.3) is 11.1 Å². The molecule has 0 unspecified atom stereocenters. The van der Waals surface area contributed by atoms with Gasteiger partial charge in [-0.25, -0.2) is 17.5 Å². The summed E-state index contributed by atoms with van der Waals surface area (Å²) in [5.41, 5.74) is 2.58. The fourth-order valence-corrected chi connectivity index (χ4v) is 3.16. The number of halogens is 1. The minimum absolute atomic E-state index is 0.239. The van der Waals surface area contributed by atoms with Crippen LogP contribution in [0.5, 0.6) is 0 Å². The predicted octanol–water partition coefficient (Wildman–Crippen LogP) is 3.10. The van der Waals surface area contributed by atoms with Crippen LogP contribution in [0.2, 0.25) is 0 Å². The highest BCUT2D eigenvalue weighted by molar-refractivity contribution is 7.89. The Balaban J connectivity index is 2.43. The molecule has 0 fully saturated rings. The van der Waals surface area contributed by atoms with Gasteiger partial charge < -0.3 is 0 Å². The number of nitrogens with one attached hydrogen (secondary N) is 1. The summed E-state index contributed by atoms with van der Waals surface area (Å²) in [5.74, 6) is -0.294. The average molecular weight is 293 g/mol. The molecule has 0 saturated heterocycles. The van der Waals surface area contributed by atoms with Crippen molar-refractivity contribution in [1.29, 1.82) is 0 Å². The van der Waals surface area contributed by atoms with Gasteiger partial charge in [0.05, 0.1) is 4.90 Å². The standard InChI is InChI=1S/C15H16FNO2S/c1-3-17-20(18,19)14-8-9-15(11(2)10-14)12-4-6-13(16)7-5-12/h4-10,17H,3H2,1-2H3. The van der Waals surface area contributed by atoms with Gasteiger partial charge in [0.25, 0.3) is 0 Å². The molecular formula is C15H16FNO2S. The van der Waals surface area contributed by atoms with Crippen molar-refractivity contribution in [2.75, 3.05) is 6.54 Å². The van der Waals surface area contributed by atoms with Crippen LogP contribution in [0.1, 0.15) is 12.5 Å². The molecule has 1 N–H and O–H groups in total. The van der Waals surface area contributed by atoms with Crippen molar-refractivity contribution in [2.24, 2.45) is 0 Å². The maximum atomic E-state index is 12.9. The number of sulfonamides is 1. The van der Waals surface area contributed by atoms with Crippen molar-refractivity contribution in [1.82, 2.24) is 4.72 Å². The van der Waals surface area contributed by atoms with E-state index in [9.17, 15) is 12.8 Å². The largest absolute Gasteiger partial charge is 0.240 e. The topological polar surface area (TPSA) is 46.2 Å². The Labute approximate surface area is 118 Å². The Kier molecular flexibility index (Phi) is 4.20. The first kappa shape index (κ1) is 14.7. The molecule has 0 bridgehead atoms. The van der Waals surface area contributed by atoms with Gasteiger partial charge in [0.1, 0.15) is 5.82 Å². The molecule has 2 aromatic rings. The van der Waals surface area contributed by atoms with E-state index in [1.54, 1.807) is 37.3 Å². The lowest BCUT2D eigenvalue weighted by Crippen LogP contribution is -2.23. The second-order valence-electron chi connectivity index (χ2n) is 4.48. The average Bonchev–Trinajstić information content (AvgIpc) is 2.40. The van der Waals surface area contributed by atoms with Crippen LogP contribution in [-0.4, -0.2) is 15.0 Å². The van der Waals surface area contributed by atoms with Gasteiger partial charge in [0.15, 0.2) is 0 Å². The first-order chi connectivity index (χ1) is 9.44. The predicted molar refractivity (Wildman–Crippen MR) is 77.4 cm³/mol. The zero-order valence-electron chi connectivity index (χ0n) is 11.4. The Morgan fingerprint density at radius 1 is 1.10 bits per heavy atom. The molecule has 0 aliphatic carbocycles. The minimum Gasteiger partial charge on any atom is -0.211 e. The van der Waals surface area contributed by atoms with Gasteiger partial charge in [0, 0.05) is 6.54 Å². The smallest absolute Gasteiger partial charge is 0.211 e. The third-order valence-electron chi connectivity index (χ3n) is 3.00. The Hall–Kier alpha value is -1.72. The van der Waals surface area contributed by atoms with E-state index in [2.05, 4.69) is 4.72 Å². The summed E-state index contributed by atoms with van der Waals surface area (Å²) in [6, 6.07) is 11.1. The van der Waals surface area contributed by atoms with Crippen molar-refractivity contribution in [3.63, 3.8) is 0 Å². The summed E-state index contributed by atoms with van der Waals surface area (Å²) in [4.78, 5) is 0.239. The zero-order chi connectivity index (χ0) is 14.8. The molecule has 3 nitrogen and oxygen atoms in total. The van der Waals surface area contributed by atoms with Crippen molar-refractivity contribution >= 4 is 10.0 Å². The number of aryl methyl sites for hydroxylation is 1.